The minimum Gasteiger partial charge on any atom is -0.394 e. The van der Waals surface area contributed by atoms with E-state index in [0.29, 0.717) is 0 Å². The molecule has 0 spiro atoms. The molecule has 4 aliphatic rings. The summed E-state index contributed by atoms with van der Waals surface area (Å²) in [6.45, 7) is -4.41. The lowest BCUT2D eigenvalue weighted by Gasteiger charge is -2.46. The van der Waals surface area contributed by atoms with Gasteiger partial charge in [-0.15, -0.1) is 0 Å². The van der Waals surface area contributed by atoms with Gasteiger partial charge in [0.2, 0.25) is 5.79 Å². The maximum atomic E-state index is 10.8. The van der Waals surface area contributed by atoms with Crippen LogP contribution < -0.4 is 0 Å². The van der Waals surface area contributed by atoms with Crippen LogP contribution in [0.25, 0.3) is 0 Å². The van der Waals surface area contributed by atoms with E-state index >= 15 is 0 Å². The minimum absolute atomic E-state index is 0.729. The Labute approximate surface area is 254 Å². The van der Waals surface area contributed by atoms with Crippen molar-refractivity contribution in [3.63, 3.8) is 0 Å². The normalized spacial score (nSPS) is 52.7. The highest BCUT2D eigenvalue weighted by Crippen LogP contribution is 2.39. The molecule has 0 aliphatic carbocycles. The second kappa shape index (κ2) is 15.1. The molecule has 0 aromatic carbocycles. The van der Waals surface area contributed by atoms with Crippen molar-refractivity contribution in [3.05, 3.63) is 0 Å². The zero-order valence-electron chi connectivity index (χ0n) is 23.5. The number of ether oxygens (including phenoxy) is 7. The van der Waals surface area contributed by atoms with E-state index in [1.807, 2.05) is 0 Å². The van der Waals surface area contributed by atoms with Crippen molar-refractivity contribution >= 4 is 0 Å². The third-order valence-corrected chi connectivity index (χ3v) is 8.26. The predicted molar refractivity (Wildman–Crippen MR) is 134 cm³/mol. The minimum atomic E-state index is -2.57. The third-order valence-electron chi connectivity index (χ3n) is 8.26. The maximum Gasteiger partial charge on any atom is 0.224 e. The molecule has 0 radical (unpaired) electrons. The quantitative estimate of drug-likeness (QED) is 0.0973. The molecule has 45 heavy (non-hydrogen) atoms. The molecule has 19 atom stereocenters. The van der Waals surface area contributed by atoms with E-state index in [1.165, 1.54) is 0 Å². The van der Waals surface area contributed by atoms with Crippen LogP contribution in [0.4, 0.5) is 0 Å². The van der Waals surface area contributed by atoms with Crippen molar-refractivity contribution in [1.82, 2.24) is 0 Å². The summed E-state index contributed by atoms with van der Waals surface area (Å²) in [5, 5.41) is 142. The average Bonchev–Trinajstić information content (AvgIpc) is 3.30. The van der Waals surface area contributed by atoms with Gasteiger partial charge < -0.3 is 105 Å². The molecule has 4 rings (SSSR count). The van der Waals surface area contributed by atoms with Crippen LogP contribution in [0.1, 0.15) is 0 Å². The fraction of sp³-hybridized carbons (Fsp3) is 1.00. The summed E-state index contributed by atoms with van der Waals surface area (Å²) in [5.41, 5.74) is 0. The number of aliphatic hydroxyl groups excluding tert-OH is 14. The summed E-state index contributed by atoms with van der Waals surface area (Å²) in [6.07, 6.45) is -32.2. The molecule has 0 saturated carbocycles. The highest BCUT2D eigenvalue weighted by atomic mass is 16.8. The van der Waals surface area contributed by atoms with Crippen LogP contribution in [0, 0.1) is 0 Å². The van der Waals surface area contributed by atoms with Gasteiger partial charge in [0.15, 0.2) is 18.9 Å². The molecule has 19 unspecified atom stereocenters. The van der Waals surface area contributed by atoms with Crippen molar-refractivity contribution < 1.29 is 105 Å². The first-order valence-corrected chi connectivity index (χ1v) is 14.1. The van der Waals surface area contributed by atoms with Crippen LogP contribution >= 0.6 is 0 Å². The first kappa shape index (κ1) is 37.0. The van der Waals surface area contributed by atoms with E-state index in [2.05, 4.69) is 0 Å². The highest BCUT2D eigenvalue weighted by Gasteiger charge is 2.61. The topological polar surface area (TPSA) is 348 Å². The molecule has 4 fully saturated rings. The predicted octanol–water partition coefficient (Wildman–Crippen LogP) is -9.75. The largest absolute Gasteiger partial charge is 0.394 e. The van der Waals surface area contributed by atoms with E-state index < -0.39 is 149 Å². The van der Waals surface area contributed by atoms with Crippen molar-refractivity contribution in [3.8, 4) is 0 Å². The van der Waals surface area contributed by atoms with E-state index in [4.69, 9.17) is 33.2 Å². The molecule has 264 valence electrons. The van der Waals surface area contributed by atoms with Crippen molar-refractivity contribution in [2.24, 2.45) is 0 Å². The third kappa shape index (κ3) is 7.15. The summed E-state index contributed by atoms with van der Waals surface area (Å²) in [7, 11) is 0. The van der Waals surface area contributed by atoms with Crippen LogP contribution in [0.2, 0.25) is 0 Å². The smallest absolute Gasteiger partial charge is 0.224 e. The number of hydrogen-bond acceptors (Lipinski definition) is 21. The number of aliphatic hydroxyl groups is 14. The van der Waals surface area contributed by atoms with E-state index in [9.17, 15) is 71.5 Å². The van der Waals surface area contributed by atoms with Gasteiger partial charge in [0.1, 0.15) is 98.2 Å². The van der Waals surface area contributed by atoms with Gasteiger partial charge in [0.25, 0.3) is 0 Å². The van der Waals surface area contributed by atoms with Gasteiger partial charge in [-0.3, -0.25) is 0 Å². The van der Waals surface area contributed by atoms with Crippen LogP contribution in [-0.2, 0) is 33.2 Å². The lowest BCUT2D eigenvalue weighted by Crippen LogP contribution is -2.65. The fourth-order valence-corrected chi connectivity index (χ4v) is 5.50. The zero-order valence-corrected chi connectivity index (χ0v) is 23.5. The van der Waals surface area contributed by atoms with Crippen LogP contribution in [0.15, 0.2) is 0 Å². The summed E-state index contributed by atoms with van der Waals surface area (Å²) >= 11 is 0. The van der Waals surface area contributed by atoms with Crippen LogP contribution in [0.5, 0.6) is 0 Å². The van der Waals surface area contributed by atoms with Gasteiger partial charge in [0.05, 0.1) is 26.4 Å². The Morgan fingerprint density at radius 1 is 0.467 bits per heavy atom. The number of rotatable bonds is 11. The molecule has 21 nitrogen and oxygen atoms in total. The van der Waals surface area contributed by atoms with Gasteiger partial charge in [0, 0.05) is 0 Å². The standard InChI is InChI=1S/C24H42O21/c25-1-6-10(29)14(33)17(36)21(40-6)39-4-9-12(31)16(35)19(38)23(42-9)45-24(5-28)20(13(32)8(3-27)44-24)43-22-18(37)15(34)11(30)7(2-26)41-22/h6-23,25-38H,1-5H2. The van der Waals surface area contributed by atoms with E-state index in [-0.39, 0.29) is 0 Å². The lowest BCUT2D eigenvalue weighted by atomic mass is 9.98. The SMILES string of the molecule is OCC1OC(OCC2OC(OC3(CO)OC(CO)C(O)C3OC3OC(CO)C(O)C(O)C3O)C(O)C(O)C2O)C(O)C(O)C1O. The Morgan fingerprint density at radius 2 is 0.911 bits per heavy atom. The first-order valence-electron chi connectivity index (χ1n) is 14.1. The van der Waals surface area contributed by atoms with Gasteiger partial charge in [-0.1, -0.05) is 0 Å². The Bertz CT molecular complexity index is 929. The maximum absolute atomic E-state index is 10.8. The summed E-state index contributed by atoms with van der Waals surface area (Å²) < 4.78 is 38.2. The fourth-order valence-electron chi connectivity index (χ4n) is 5.50. The molecule has 0 aromatic rings. The Balaban J connectivity index is 1.52. The van der Waals surface area contributed by atoms with Crippen molar-refractivity contribution in [2.75, 3.05) is 33.0 Å². The first-order chi connectivity index (χ1) is 21.2. The summed E-state index contributed by atoms with van der Waals surface area (Å²) in [5.74, 6) is -2.57. The Hall–Kier alpha value is -0.840. The lowest BCUT2D eigenvalue weighted by molar-refractivity contribution is -0.402. The second-order valence-electron chi connectivity index (χ2n) is 11.2. The Kier molecular flexibility index (Phi) is 12.5. The Morgan fingerprint density at radius 3 is 1.42 bits per heavy atom. The van der Waals surface area contributed by atoms with E-state index in [0.717, 1.165) is 0 Å². The van der Waals surface area contributed by atoms with E-state index in [1.54, 1.807) is 0 Å². The van der Waals surface area contributed by atoms with Crippen LogP contribution in [-0.4, -0.2) is 221 Å². The van der Waals surface area contributed by atoms with Gasteiger partial charge >= 0.3 is 0 Å². The molecule has 4 heterocycles. The molecule has 0 bridgehead atoms. The van der Waals surface area contributed by atoms with Crippen molar-refractivity contribution in [2.45, 2.75) is 116 Å². The summed E-state index contributed by atoms with van der Waals surface area (Å²) in [4.78, 5) is 0. The molecule has 0 aromatic heterocycles. The molecular formula is C24H42O21. The zero-order chi connectivity index (χ0) is 33.4. The average molecular weight is 667 g/mol. The second-order valence-corrected chi connectivity index (χ2v) is 11.2. The van der Waals surface area contributed by atoms with Gasteiger partial charge in [-0.2, -0.15) is 0 Å². The molecule has 21 heteroatoms. The molecule has 14 N–H and O–H groups in total. The molecule has 4 aliphatic heterocycles. The van der Waals surface area contributed by atoms with Crippen molar-refractivity contribution in [1.29, 1.82) is 0 Å². The molecule has 0 amide bonds. The molecular weight excluding hydrogens is 624 g/mol. The monoisotopic (exact) mass is 666 g/mol. The van der Waals surface area contributed by atoms with Gasteiger partial charge in [-0.05, 0) is 0 Å². The summed E-state index contributed by atoms with van der Waals surface area (Å²) in [6, 6.07) is 0. The van der Waals surface area contributed by atoms with Gasteiger partial charge in [-0.25, -0.2) is 0 Å². The van der Waals surface area contributed by atoms with Crippen LogP contribution in [0.3, 0.4) is 0 Å². The molecule has 4 saturated heterocycles. The highest BCUT2D eigenvalue weighted by molar-refractivity contribution is 5.01. The number of hydrogen-bond donors (Lipinski definition) is 14.